The lowest BCUT2D eigenvalue weighted by atomic mass is 10.0. The van der Waals surface area contributed by atoms with E-state index in [1.165, 1.54) is 36.4 Å². The molecule has 1 spiro atoms. The number of amides is 2. The van der Waals surface area contributed by atoms with Gasteiger partial charge in [-0.3, -0.25) is 24.3 Å². The predicted octanol–water partition coefficient (Wildman–Crippen LogP) is 5.82. The molecule has 11 nitrogen and oxygen atoms in total. The zero-order chi connectivity index (χ0) is 34.9. The molecule has 4 aromatic rings. The van der Waals surface area contributed by atoms with Crippen LogP contribution in [-0.4, -0.2) is 66.6 Å². The maximum atomic E-state index is 15.2. The highest BCUT2D eigenvalue weighted by Crippen LogP contribution is 2.54. The van der Waals surface area contributed by atoms with Crippen LogP contribution in [-0.2, 0) is 19.1 Å². The minimum Gasteiger partial charge on any atom is -0.493 e. The Morgan fingerprint density at radius 3 is 2.31 bits per heavy atom. The number of ether oxygens (including phenoxy) is 3. The van der Waals surface area contributed by atoms with E-state index in [1.54, 1.807) is 24.4 Å². The number of carbonyl (C=O) groups is 3. The minimum absolute atomic E-state index is 0. The molecule has 1 aromatic heterocycles. The van der Waals surface area contributed by atoms with E-state index < -0.39 is 28.9 Å². The van der Waals surface area contributed by atoms with Crippen LogP contribution in [0.3, 0.4) is 0 Å². The second kappa shape index (κ2) is 14.8. The van der Waals surface area contributed by atoms with Crippen molar-refractivity contribution >= 4 is 52.5 Å². The standard InChI is InChI=1S/C37H37F2N5O6.ClH/c38-23-2-4-24(5-3-23)42-34(46)37(13-14-37)35(47)43-25-6-9-31(28(39)18-25)49-30-10-15-41-29-19-26(7-8-27(29)30)48-17-1-16-44-21-32(50-33(45)20-40)36(22-44)11-12-36;/h2-10,15,18-19,32H,1,11-14,16-17,20-22,40H2,(H,42,46)(H,43,47);1H. The molecule has 1 atom stereocenters. The Kier molecular flexibility index (Phi) is 10.4. The Morgan fingerprint density at radius 2 is 1.63 bits per heavy atom. The molecule has 1 saturated heterocycles. The first-order valence-corrected chi connectivity index (χ1v) is 16.7. The zero-order valence-corrected chi connectivity index (χ0v) is 28.5. The van der Waals surface area contributed by atoms with E-state index >= 15 is 4.39 Å². The summed E-state index contributed by atoms with van der Waals surface area (Å²) in [6, 6.07) is 16.3. The molecule has 1 unspecified atom stereocenters. The van der Waals surface area contributed by atoms with Crippen molar-refractivity contribution in [2.24, 2.45) is 16.6 Å². The summed E-state index contributed by atoms with van der Waals surface area (Å²) in [7, 11) is 0. The van der Waals surface area contributed by atoms with Crippen LogP contribution >= 0.6 is 12.4 Å². The number of rotatable bonds is 13. The van der Waals surface area contributed by atoms with Gasteiger partial charge in [0.1, 0.15) is 28.8 Å². The summed E-state index contributed by atoms with van der Waals surface area (Å²) in [5, 5.41) is 5.94. The Bertz CT molecular complexity index is 1940. The van der Waals surface area contributed by atoms with E-state index in [2.05, 4.69) is 20.5 Å². The molecule has 0 bridgehead atoms. The summed E-state index contributed by atoms with van der Waals surface area (Å²) in [4.78, 5) is 44.4. The van der Waals surface area contributed by atoms with E-state index in [9.17, 15) is 18.8 Å². The predicted molar refractivity (Wildman–Crippen MR) is 188 cm³/mol. The van der Waals surface area contributed by atoms with Gasteiger partial charge in [-0.05, 0) is 86.7 Å². The monoisotopic (exact) mass is 721 g/mol. The Balaban J connectivity index is 0.00000448. The number of fused-ring (bicyclic) bond motifs is 1. The largest absolute Gasteiger partial charge is 0.493 e. The molecule has 268 valence electrons. The lowest BCUT2D eigenvalue weighted by Gasteiger charge is -2.17. The van der Waals surface area contributed by atoms with Gasteiger partial charge in [-0.1, -0.05) is 0 Å². The molecule has 3 aliphatic rings. The summed E-state index contributed by atoms with van der Waals surface area (Å²) in [6.45, 7) is 2.84. The van der Waals surface area contributed by atoms with Gasteiger partial charge in [-0.2, -0.15) is 0 Å². The molecule has 1 aliphatic heterocycles. The quantitative estimate of drug-likeness (QED) is 0.0884. The fourth-order valence-corrected chi connectivity index (χ4v) is 6.48. The number of pyridine rings is 1. The number of nitrogens with two attached hydrogens (primary N) is 1. The first-order chi connectivity index (χ1) is 24.2. The number of halogens is 3. The normalized spacial score (nSPS) is 18.1. The van der Waals surface area contributed by atoms with Crippen molar-refractivity contribution in [3.63, 3.8) is 0 Å². The summed E-state index contributed by atoms with van der Waals surface area (Å²) in [5.41, 5.74) is 5.39. The van der Waals surface area contributed by atoms with E-state index in [4.69, 9.17) is 19.9 Å². The number of hydrogen-bond donors (Lipinski definition) is 3. The van der Waals surface area contributed by atoms with Crippen LogP contribution in [0.1, 0.15) is 32.1 Å². The highest BCUT2D eigenvalue weighted by molar-refractivity contribution is 6.16. The number of nitrogens with zero attached hydrogens (tertiary/aromatic N) is 2. The molecule has 51 heavy (non-hydrogen) atoms. The van der Waals surface area contributed by atoms with E-state index in [0.29, 0.717) is 54.1 Å². The first kappa shape index (κ1) is 36.0. The number of carbonyl (C=O) groups excluding carboxylic acids is 3. The Morgan fingerprint density at radius 1 is 0.902 bits per heavy atom. The number of anilines is 2. The van der Waals surface area contributed by atoms with Gasteiger partial charge >= 0.3 is 5.97 Å². The van der Waals surface area contributed by atoms with Gasteiger partial charge < -0.3 is 30.6 Å². The van der Waals surface area contributed by atoms with Crippen molar-refractivity contribution in [1.29, 1.82) is 0 Å². The molecular weight excluding hydrogens is 684 g/mol. The summed E-state index contributed by atoms with van der Waals surface area (Å²) < 4.78 is 45.9. The van der Waals surface area contributed by atoms with Gasteiger partial charge in [0.05, 0.1) is 18.7 Å². The van der Waals surface area contributed by atoms with Gasteiger partial charge in [0.15, 0.2) is 11.6 Å². The summed E-state index contributed by atoms with van der Waals surface area (Å²) in [6.07, 6.45) is 5.08. The van der Waals surface area contributed by atoms with Gasteiger partial charge in [0, 0.05) is 60.1 Å². The average Bonchev–Trinajstić information content (AvgIpc) is 4.04. The van der Waals surface area contributed by atoms with Crippen LogP contribution in [0.5, 0.6) is 17.2 Å². The van der Waals surface area contributed by atoms with Crippen molar-refractivity contribution < 1.29 is 37.4 Å². The van der Waals surface area contributed by atoms with Crippen LogP contribution in [0.4, 0.5) is 20.2 Å². The van der Waals surface area contributed by atoms with Gasteiger partial charge in [0.25, 0.3) is 0 Å². The Hall–Kier alpha value is -4.85. The van der Waals surface area contributed by atoms with Crippen molar-refractivity contribution in [1.82, 2.24) is 9.88 Å². The summed E-state index contributed by atoms with van der Waals surface area (Å²) >= 11 is 0. The van der Waals surface area contributed by atoms with Crippen molar-refractivity contribution in [2.45, 2.75) is 38.2 Å². The van der Waals surface area contributed by atoms with Crippen LogP contribution in [0, 0.1) is 22.5 Å². The van der Waals surface area contributed by atoms with Crippen LogP contribution in [0.15, 0.2) is 72.9 Å². The molecule has 3 fully saturated rings. The number of benzene rings is 3. The molecule has 2 heterocycles. The zero-order valence-electron chi connectivity index (χ0n) is 27.7. The third-order valence-electron chi connectivity index (χ3n) is 9.67. The van der Waals surface area contributed by atoms with E-state index in [-0.39, 0.29) is 47.9 Å². The number of hydrogen-bond acceptors (Lipinski definition) is 9. The maximum absolute atomic E-state index is 15.2. The first-order valence-electron chi connectivity index (χ1n) is 16.7. The highest BCUT2D eigenvalue weighted by Gasteiger charge is 2.57. The topological polar surface area (TPSA) is 145 Å². The van der Waals surface area contributed by atoms with Gasteiger partial charge in [-0.25, -0.2) is 8.78 Å². The minimum atomic E-state index is -1.28. The molecule has 2 saturated carbocycles. The molecule has 2 aliphatic carbocycles. The number of esters is 1. The maximum Gasteiger partial charge on any atom is 0.320 e. The van der Waals surface area contributed by atoms with Crippen molar-refractivity contribution in [3.05, 3.63) is 84.6 Å². The molecule has 0 radical (unpaired) electrons. The van der Waals surface area contributed by atoms with Crippen LogP contribution < -0.4 is 25.8 Å². The van der Waals surface area contributed by atoms with Gasteiger partial charge in [0.2, 0.25) is 11.8 Å². The lowest BCUT2D eigenvalue weighted by molar-refractivity contribution is -0.149. The molecule has 3 aromatic carbocycles. The number of aromatic nitrogens is 1. The number of nitrogens with one attached hydrogen (secondary N) is 2. The molecule has 7 rings (SSSR count). The second-order valence-corrected chi connectivity index (χ2v) is 13.2. The fourth-order valence-electron chi connectivity index (χ4n) is 6.48. The third-order valence-corrected chi connectivity index (χ3v) is 9.67. The summed E-state index contributed by atoms with van der Waals surface area (Å²) in [5.74, 6) is -1.58. The van der Waals surface area contributed by atoms with E-state index in [1.807, 2.05) is 6.07 Å². The SMILES string of the molecule is Cl.NCC(=O)OC1CN(CCCOc2ccc3c(Oc4ccc(NC(=O)C5(C(=O)Nc6ccc(F)cc6)CC5)cc4F)ccnc3c2)CC12CC2. The van der Waals surface area contributed by atoms with Crippen LogP contribution in [0.2, 0.25) is 0 Å². The molecule has 4 N–H and O–H groups in total. The second-order valence-electron chi connectivity index (χ2n) is 13.2. The number of likely N-dealkylation sites (tertiary alicyclic amines) is 1. The Labute approximate surface area is 299 Å². The highest BCUT2D eigenvalue weighted by atomic mass is 35.5. The van der Waals surface area contributed by atoms with Crippen LogP contribution in [0.25, 0.3) is 10.9 Å². The fraction of sp³-hybridized carbons (Fsp3) is 0.351. The molecular formula is C37H38ClF2N5O6. The average molecular weight is 722 g/mol. The smallest absolute Gasteiger partial charge is 0.320 e. The van der Waals surface area contributed by atoms with Gasteiger partial charge in [-0.15, -0.1) is 12.4 Å². The lowest BCUT2D eigenvalue weighted by Crippen LogP contribution is -2.35. The van der Waals surface area contributed by atoms with Crippen molar-refractivity contribution in [3.8, 4) is 17.2 Å². The van der Waals surface area contributed by atoms with Crippen molar-refractivity contribution in [2.75, 3.05) is 43.4 Å². The third kappa shape index (κ3) is 7.90. The molecule has 2 amide bonds. The molecule has 14 heteroatoms. The van der Waals surface area contributed by atoms with E-state index in [0.717, 1.165) is 38.4 Å².